The lowest BCUT2D eigenvalue weighted by Crippen LogP contribution is -2.54. The van der Waals surface area contributed by atoms with Crippen molar-refractivity contribution in [3.63, 3.8) is 0 Å². The van der Waals surface area contributed by atoms with Crippen molar-refractivity contribution in [2.45, 2.75) is 58.9 Å². The third kappa shape index (κ3) is 3.89. The second-order valence-electron chi connectivity index (χ2n) is 7.40. The predicted octanol–water partition coefficient (Wildman–Crippen LogP) is 3.33. The van der Waals surface area contributed by atoms with Gasteiger partial charge in [-0.25, -0.2) is 0 Å². The van der Waals surface area contributed by atoms with Gasteiger partial charge in [0.25, 0.3) is 0 Å². The van der Waals surface area contributed by atoms with E-state index in [0.717, 1.165) is 25.9 Å². The molecule has 0 spiro atoms. The average Bonchev–Trinajstić information content (AvgIpc) is 2.49. The van der Waals surface area contributed by atoms with E-state index in [4.69, 9.17) is 5.73 Å². The van der Waals surface area contributed by atoms with Crippen LogP contribution in [-0.2, 0) is 11.2 Å². The molecule has 0 aliphatic carbocycles. The van der Waals surface area contributed by atoms with Crippen LogP contribution in [0.3, 0.4) is 0 Å². The molecular weight excluding hydrogens is 272 g/mol. The summed E-state index contributed by atoms with van der Waals surface area (Å²) < 4.78 is 0. The molecule has 2 N–H and O–H groups in total. The first-order valence-corrected chi connectivity index (χ1v) is 8.45. The Hall–Kier alpha value is -1.35. The van der Waals surface area contributed by atoms with E-state index in [2.05, 4.69) is 52.0 Å². The number of nitrogens with two attached hydrogens (primary N) is 1. The Morgan fingerprint density at radius 2 is 2.00 bits per heavy atom. The Bertz CT molecular complexity index is 507. The fraction of sp³-hybridized carbons (Fsp3) is 0.632. The summed E-state index contributed by atoms with van der Waals surface area (Å²) in [6.45, 7) is 10.2. The van der Waals surface area contributed by atoms with Crippen molar-refractivity contribution in [2.75, 3.05) is 13.1 Å². The molecule has 0 bridgehead atoms. The minimum Gasteiger partial charge on any atom is -0.342 e. The van der Waals surface area contributed by atoms with E-state index in [1.165, 1.54) is 11.1 Å². The highest BCUT2D eigenvalue weighted by atomic mass is 16.2. The lowest BCUT2D eigenvalue weighted by molar-refractivity contribution is -0.135. The van der Waals surface area contributed by atoms with Crippen LogP contribution in [0.5, 0.6) is 0 Å². The number of carbonyl (C=O) groups is 1. The van der Waals surface area contributed by atoms with Gasteiger partial charge in [-0.2, -0.15) is 0 Å². The fourth-order valence-electron chi connectivity index (χ4n) is 3.18. The van der Waals surface area contributed by atoms with Crippen LogP contribution >= 0.6 is 0 Å². The van der Waals surface area contributed by atoms with Gasteiger partial charge in [-0.05, 0) is 35.3 Å². The zero-order chi connectivity index (χ0) is 16.3. The summed E-state index contributed by atoms with van der Waals surface area (Å²) in [6.07, 6.45) is 2.53. The molecule has 1 saturated heterocycles. The summed E-state index contributed by atoms with van der Waals surface area (Å²) >= 11 is 0. The normalized spacial score (nSPS) is 22.4. The first-order valence-electron chi connectivity index (χ1n) is 8.45. The second-order valence-corrected chi connectivity index (χ2v) is 7.40. The number of hydrogen-bond donors (Lipinski definition) is 1. The van der Waals surface area contributed by atoms with Crippen LogP contribution in [0.25, 0.3) is 0 Å². The molecule has 2 unspecified atom stereocenters. The summed E-state index contributed by atoms with van der Waals surface area (Å²) in [5.41, 5.74) is 8.76. The minimum atomic E-state index is 0.0138. The summed E-state index contributed by atoms with van der Waals surface area (Å²) in [5.74, 6) is 0.518. The van der Waals surface area contributed by atoms with Gasteiger partial charge < -0.3 is 10.6 Å². The maximum absolute atomic E-state index is 12.6. The monoisotopic (exact) mass is 302 g/mol. The third-order valence-corrected chi connectivity index (χ3v) is 5.10. The van der Waals surface area contributed by atoms with E-state index in [-0.39, 0.29) is 23.3 Å². The zero-order valence-electron chi connectivity index (χ0n) is 14.4. The predicted molar refractivity (Wildman–Crippen MR) is 91.8 cm³/mol. The van der Waals surface area contributed by atoms with Crippen LogP contribution in [0.4, 0.5) is 0 Å². The van der Waals surface area contributed by atoms with E-state index in [0.29, 0.717) is 6.42 Å². The molecule has 0 radical (unpaired) electrons. The van der Waals surface area contributed by atoms with Crippen molar-refractivity contribution < 1.29 is 4.79 Å². The smallest absolute Gasteiger partial charge is 0.223 e. The van der Waals surface area contributed by atoms with Crippen molar-refractivity contribution in [1.29, 1.82) is 0 Å². The van der Waals surface area contributed by atoms with Crippen molar-refractivity contribution >= 4 is 5.91 Å². The van der Waals surface area contributed by atoms with E-state index in [9.17, 15) is 4.79 Å². The third-order valence-electron chi connectivity index (χ3n) is 5.10. The highest BCUT2D eigenvalue weighted by Gasteiger charge is 2.35. The molecule has 1 heterocycles. The second kappa shape index (κ2) is 6.82. The van der Waals surface area contributed by atoms with E-state index < -0.39 is 0 Å². The minimum absolute atomic E-state index is 0.0138. The number of nitrogens with zero attached hydrogens (tertiary/aromatic N) is 1. The van der Waals surface area contributed by atoms with Gasteiger partial charge in [0.2, 0.25) is 5.91 Å². The van der Waals surface area contributed by atoms with Gasteiger partial charge in [-0.15, -0.1) is 0 Å². The topological polar surface area (TPSA) is 46.3 Å². The highest BCUT2D eigenvalue weighted by Crippen LogP contribution is 2.29. The molecule has 0 saturated carbocycles. The number of carbonyl (C=O) groups excluding carboxylic acids is 1. The number of rotatable bonds is 4. The van der Waals surface area contributed by atoms with E-state index in [1.54, 1.807) is 0 Å². The first kappa shape index (κ1) is 17.0. The molecule has 1 aliphatic heterocycles. The Morgan fingerprint density at radius 1 is 1.36 bits per heavy atom. The van der Waals surface area contributed by atoms with Crippen molar-refractivity contribution in [3.05, 3.63) is 35.4 Å². The van der Waals surface area contributed by atoms with Crippen LogP contribution in [0, 0.1) is 5.41 Å². The van der Waals surface area contributed by atoms with E-state index >= 15 is 0 Å². The van der Waals surface area contributed by atoms with Gasteiger partial charge >= 0.3 is 0 Å². The highest BCUT2D eigenvalue weighted by molar-refractivity contribution is 5.77. The molecule has 1 aromatic carbocycles. The van der Waals surface area contributed by atoms with Gasteiger partial charge in [0, 0.05) is 25.6 Å². The molecule has 1 aromatic rings. The number of likely N-dealkylation sites (tertiary alicyclic amines) is 1. The molecule has 2 rings (SSSR count). The summed E-state index contributed by atoms with van der Waals surface area (Å²) in [6, 6.07) is 8.84. The molecule has 1 amide bonds. The number of aryl methyl sites for hydroxylation is 1. The van der Waals surface area contributed by atoms with Crippen molar-refractivity contribution in [3.8, 4) is 0 Å². The largest absolute Gasteiger partial charge is 0.342 e. The molecular formula is C19H30N2O. The maximum atomic E-state index is 12.6. The summed E-state index contributed by atoms with van der Waals surface area (Å²) in [5, 5.41) is 0. The molecule has 3 heteroatoms. The van der Waals surface area contributed by atoms with Crippen molar-refractivity contribution in [1.82, 2.24) is 4.90 Å². The fourth-order valence-corrected chi connectivity index (χ4v) is 3.18. The Kier molecular flexibility index (Phi) is 5.28. The van der Waals surface area contributed by atoms with E-state index in [1.807, 2.05) is 4.90 Å². The molecule has 0 aromatic heterocycles. The quantitative estimate of drug-likeness (QED) is 0.927. The average molecular weight is 302 g/mol. The molecule has 1 aliphatic rings. The number of benzene rings is 1. The lowest BCUT2D eigenvalue weighted by atomic mass is 9.79. The molecule has 3 nitrogen and oxygen atoms in total. The van der Waals surface area contributed by atoms with Gasteiger partial charge in [0.1, 0.15) is 0 Å². The summed E-state index contributed by atoms with van der Waals surface area (Å²) in [4.78, 5) is 14.6. The Balaban J connectivity index is 1.96. The van der Waals surface area contributed by atoms with Crippen LogP contribution in [0.2, 0.25) is 0 Å². The Labute approximate surface area is 134 Å². The summed E-state index contributed by atoms with van der Waals surface area (Å²) in [7, 11) is 0. The van der Waals surface area contributed by atoms with Crippen molar-refractivity contribution in [2.24, 2.45) is 11.1 Å². The van der Waals surface area contributed by atoms with Gasteiger partial charge in [-0.3, -0.25) is 4.79 Å². The van der Waals surface area contributed by atoms with Crippen LogP contribution < -0.4 is 5.73 Å². The molecule has 2 atom stereocenters. The van der Waals surface area contributed by atoms with Crippen LogP contribution in [0.15, 0.2) is 24.3 Å². The first-order chi connectivity index (χ1) is 10.3. The van der Waals surface area contributed by atoms with Crippen LogP contribution in [-0.4, -0.2) is 29.9 Å². The number of piperidine rings is 1. The molecule has 1 fully saturated rings. The number of amides is 1. The SMILES string of the molecule is CCc1ccc(C(C)CC(=O)N2CCC(N)C(C)(C)C2)cc1. The molecule has 122 valence electrons. The van der Waals surface area contributed by atoms with Crippen LogP contribution in [0.1, 0.15) is 57.6 Å². The maximum Gasteiger partial charge on any atom is 0.223 e. The standard InChI is InChI=1S/C19H30N2O/c1-5-15-6-8-16(9-7-15)14(2)12-18(22)21-11-10-17(20)19(3,4)13-21/h6-9,14,17H,5,10-13,20H2,1-4H3. The Morgan fingerprint density at radius 3 is 2.55 bits per heavy atom. The lowest BCUT2D eigenvalue weighted by Gasteiger charge is -2.42. The zero-order valence-corrected chi connectivity index (χ0v) is 14.4. The van der Waals surface area contributed by atoms with Gasteiger partial charge in [0.15, 0.2) is 0 Å². The van der Waals surface area contributed by atoms with Gasteiger partial charge in [0.05, 0.1) is 0 Å². The van der Waals surface area contributed by atoms with Gasteiger partial charge in [-0.1, -0.05) is 52.0 Å². The number of hydrogen-bond acceptors (Lipinski definition) is 2. The molecule has 22 heavy (non-hydrogen) atoms.